The molecule has 20 heavy (non-hydrogen) atoms. The van der Waals surface area contributed by atoms with E-state index < -0.39 is 47.0 Å². The second-order valence-electron chi connectivity index (χ2n) is 3.29. The maximum Gasteiger partial charge on any atom is 0.573 e. The summed E-state index contributed by atoms with van der Waals surface area (Å²) in [5.41, 5.74) is -1.71. The molecule has 0 amide bonds. The monoisotopic (exact) mass is 297 g/mol. The first-order valence-electron chi connectivity index (χ1n) is 4.74. The molecule has 0 radical (unpaired) electrons. The second-order valence-corrected chi connectivity index (χ2v) is 3.29. The molecule has 0 N–H and O–H groups in total. The minimum absolute atomic E-state index is 0.364. The minimum Gasteiger partial charge on any atom is -0.397 e. The van der Waals surface area contributed by atoms with Gasteiger partial charge in [-0.2, -0.15) is 5.26 Å². The summed E-state index contributed by atoms with van der Waals surface area (Å²) in [5.74, 6) is -2.85. The molecule has 0 spiro atoms. The predicted octanol–water partition coefficient (Wildman–Crippen LogP) is 2.89. The van der Waals surface area contributed by atoms with Crippen molar-refractivity contribution in [3.8, 4) is 11.8 Å². The van der Waals surface area contributed by atoms with Crippen molar-refractivity contribution in [2.24, 2.45) is 0 Å². The van der Waals surface area contributed by atoms with Crippen LogP contribution in [-0.4, -0.2) is 16.3 Å². The average Bonchev–Trinajstić information content (AvgIpc) is 2.26. The molecule has 0 atom stereocenters. The van der Waals surface area contributed by atoms with E-state index in [2.05, 4.69) is 9.72 Å². The SMILES string of the molecule is N#CCc1cc(OC(F)(F)F)c([N+](=O)[O-])nc1C(F)F. The topological polar surface area (TPSA) is 89.0 Å². The standard InChI is InChI=1S/C9H4F5N3O3/c10-7(11)6-4(1-2-15)3-5(20-9(12,13)14)8(16-6)17(18)19/h3,7H,1H2. The molecule has 1 aromatic rings. The van der Waals surface area contributed by atoms with E-state index >= 15 is 0 Å². The number of halogens is 5. The third-order valence-corrected chi connectivity index (χ3v) is 1.96. The maximum absolute atomic E-state index is 12.6. The van der Waals surface area contributed by atoms with E-state index in [9.17, 15) is 32.1 Å². The molecule has 0 fully saturated rings. The van der Waals surface area contributed by atoms with E-state index in [1.807, 2.05) is 0 Å². The summed E-state index contributed by atoms with van der Waals surface area (Å²) in [6.45, 7) is 0. The lowest BCUT2D eigenvalue weighted by Gasteiger charge is -2.10. The number of rotatable bonds is 4. The quantitative estimate of drug-likeness (QED) is 0.484. The van der Waals surface area contributed by atoms with Crippen molar-refractivity contribution < 1.29 is 31.6 Å². The fourth-order valence-corrected chi connectivity index (χ4v) is 1.28. The van der Waals surface area contributed by atoms with Crippen LogP contribution in [0.25, 0.3) is 0 Å². The second kappa shape index (κ2) is 5.64. The third kappa shape index (κ3) is 3.74. The van der Waals surface area contributed by atoms with Gasteiger partial charge in [-0.15, -0.1) is 13.2 Å². The largest absolute Gasteiger partial charge is 0.573 e. The van der Waals surface area contributed by atoms with E-state index in [1.165, 1.54) is 6.07 Å². The Morgan fingerprint density at radius 2 is 2.10 bits per heavy atom. The van der Waals surface area contributed by atoms with Crippen molar-refractivity contribution in [1.82, 2.24) is 4.98 Å². The first-order chi connectivity index (χ1) is 9.15. The Balaban J connectivity index is 3.45. The summed E-state index contributed by atoms with van der Waals surface area (Å²) < 4.78 is 64.8. The molecule has 0 unspecified atom stereocenters. The Morgan fingerprint density at radius 1 is 1.50 bits per heavy atom. The van der Waals surface area contributed by atoms with Gasteiger partial charge in [-0.1, -0.05) is 0 Å². The maximum atomic E-state index is 12.6. The van der Waals surface area contributed by atoms with Crippen LogP contribution in [-0.2, 0) is 6.42 Å². The van der Waals surface area contributed by atoms with Crippen LogP contribution in [0.3, 0.4) is 0 Å². The van der Waals surface area contributed by atoms with Crippen LogP contribution in [0.2, 0.25) is 0 Å². The Kier molecular flexibility index (Phi) is 4.38. The van der Waals surface area contributed by atoms with Gasteiger partial charge in [0.1, 0.15) is 0 Å². The molecule has 1 heterocycles. The van der Waals surface area contributed by atoms with Gasteiger partial charge in [0.2, 0.25) is 11.4 Å². The minimum atomic E-state index is -5.26. The molecule has 11 heteroatoms. The van der Waals surface area contributed by atoms with Crippen molar-refractivity contribution in [3.05, 3.63) is 27.4 Å². The molecular formula is C9H4F5N3O3. The van der Waals surface area contributed by atoms with Gasteiger partial charge in [0.25, 0.3) is 0 Å². The highest BCUT2D eigenvalue weighted by molar-refractivity contribution is 5.45. The summed E-state index contributed by atoms with van der Waals surface area (Å²) >= 11 is 0. The number of aromatic nitrogens is 1. The van der Waals surface area contributed by atoms with Crippen LogP contribution in [0.15, 0.2) is 6.07 Å². The van der Waals surface area contributed by atoms with Crippen molar-refractivity contribution >= 4 is 5.82 Å². The zero-order valence-corrected chi connectivity index (χ0v) is 9.32. The van der Waals surface area contributed by atoms with Gasteiger partial charge in [0, 0.05) is 5.56 Å². The average molecular weight is 297 g/mol. The van der Waals surface area contributed by atoms with Gasteiger partial charge in [-0.05, 0) is 16.0 Å². The van der Waals surface area contributed by atoms with E-state index in [-0.39, 0.29) is 0 Å². The van der Waals surface area contributed by atoms with Crippen LogP contribution in [0.5, 0.6) is 5.75 Å². The normalized spacial score (nSPS) is 11.2. The molecule has 0 saturated heterocycles. The number of nitrogens with zero attached hydrogens (tertiary/aromatic N) is 3. The highest BCUT2D eigenvalue weighted by atomic mass is 19.4. The summed E-state index contributed by atoms with van der Waals surface area (Å²) in [6, 6.07) is 1.80. The van der Waals surface area contributed by atoms with Gasteiger partial charge < -0.3 is 14.9 Å². The predicted molar refractivity (Wildman–Crippen MR) is 51.8 cm³/mol. The van der Waals surface area contributed by atoms with Gasteiger partial charge in [0.15, 0.2) is 0 Å². The van der Waals surface area contributed by atoms with Crippen molar-refractivity contribution in [2.45, 2.75) is 19.2 Å². The fourth-order valence-electron chi connectivity index (χ4n) is 1.28. The molecule has 108 valence electrons. The van der Waals surface area contributed by atoms with Crippen LogP contribution in [0.1, 0.15) is 17.7 Å². The van der Waals surface area contributed by atoms with Crippen LogP contribution < -0.4 is 4.74 Å². The van der Waals surface area contributed by atoms with Gasteiger partial charge in [0.05, 0.1) is 12.5 Å². The van der Waals surface area contributed by atoms with E-state index in [0.717, 1.165) is 0 Å². The molecule has 0 aliphatic carbocycles. The lowest BCUT2D eigenvalue weighted by Crippen LogP contribution is -2.19. The van der Waals surface area contributed by atoms with Crippen molar-refractivity contribution in [2.75, 3.05) is 0 Å². The van der Waals surface area contributed by atoms with E-state index in [1.54, 1.807) is 0 Å². The molecule has 0 aliphatic heterocycles. The number of nitriles is 1. The molecule has 0 aromatic carbocycles. The lowest BCUT2D eigenvalue weighted by molar-refractivity contribution is -0.393. The van der Waals surface area contributed by atoms with Gasteiger partial charge >= 0.3 is 18.6 Å². The summed E-state index contributed by atoms with van der Waals surface area (Å²) in [4.78, 5) is 12.0. The zero-order valence-electron chi connectivity index (χ0n) is 9.32. The Bertz CT molecular complexity index is 567. The number of nitro groups is 1. The van der Waals surface area contributed by atoms with Crippen molar-refractivity contribution in [1.29, 1.82) is 5.26 Å². The number of hydrogen-bond donors (Lipinski definition) is 0. The summed E-state index contributed by atoms with van der Waals surface area (Å²) in [5, 5.41) is 18.9. The first-order valence-corrected chi connectivity index (χ1v) is 4.74. The highest BCUT2D eigenvalue weighted by Gasteiger charge is 2.37. The Morgan fingerprint density at radius 3 is 2.50 bits per heavy atom. The van der Waals surface area contributed by atoms with E-state index in [4.69, 9.17) is 5.26 Å². The molecule has 0 bridgehead atoms. The lowest BCUT2D eigenvalue weighted by atomic mass is 10.1. The zero-order chi connectivity index (χ0) is 15.5. The molecule has 1 aromatic heterocycles. The number of hydrogen-bond acceptors (Lipinski definition) is 5. The number of ether oxygens (including phenoxy) is 1. The smallest absolute Gasteiger partial charge is 0.397 e. The van der Waals surface area contributed by atoms with Crippen molar-refractivity contribution in [3.63, 3.8) is 0 Å². The third-order valence-electron chi connectivity index (χ3n) is 1.96. The van der Waals surface area contributed by atoms with Gasteiger partial charge in [-0.3, -0.25) is 0 Å². The molecule has 1 rings (SSSR count). The summed E-state index contributed by atoms with van der Waals surface area (Å²) in [6.07, 6.45) is -9.24. The number of alkyl halides is 5. The van der Waals surface area contributed by atoms with E-state index in [0.29, 0.717) is 6.07 Å². The Labute approximate surface area is 107 Å². The van der Waals surface area contributed by atoms with Crippen LogP contribution >= 0.6 is 0 Å². The van der Waals surface area contributed by atoms with Crippen LogP contribution in [0, 0.1) is 21.4 Å². The van der Waals surface area contributed by atoms with Crippen LogP contribution in [0.4, 0.5) is 27.8 Å². The number of pyridine rings is 1. The summed E-state index contributed by atoms with van der Waals surface area (Å²) in [7, 11) is 0. The molecule has 0 aliphatic rings. The molecule has 6 nitrogen and oxygen atoms in total. The van der Waals surface area contributed by atoms with Gasteiger partial charge in [-0.25, -0.2) is 8.78 Å². The first kappa shape index (κ1) is 15.5. The highest BCUT2D eigenvalue weighted by Crippen LogP contribution is 2.35. The molecule has 0 saturated carbocycles. The fraction of sp³-hybridized carbons (Fsp3) is 0.333. The Hall–Kier alpha value is -2.51. The molecular weight excluding hydrogens is 293 g/mol.